The lowest BCUT2D eigenvalue weighted by molar-refractivity contribution is -0.384. The average molecular weight is 423 g/mol. The molecule has 0 unspecified atom stereocenters. The van der Waals surface area contributed by atoms with Gasteiger partial charge >= 0.3 is 0 Å². The highest BCUT2D eigenvalue weighted by molar-refractivity contribution is 6.33. The molecular formula is C22H15ClN2O5. The second-order valence-electron chi connectivity index (χ2n) is 6.58. The number of aromatic hydroxyl groups is 1. The standard InChI is InChI=1S/C22H15ClN2O5/c23-17-11-18-16(10-19(17)25(28)29)21(26)20(22(27)24-18)14-6-8-15(9-7-14)30-12-13-4-2-1-3-5-13/h1-11H,12H2,(H2,24,26,27). The molecule has 0 saturated heterocycles. The molecule has 4 aromatic rings. The first-order valence-electron chi connectivity index (χ1n) is 8.94. The topological polar surface area (TPSA) is 105 Å². The predicted molar refractivity (Wildman–Crippen MR) is 114 cm³/mol. The van der Waals surface area contributed by atoms with E-state index in [-0.39, 0.29) is 32.9 Å². The fourth-order valence-corrected chi connectivity index (χ4v) is 3.39. The summed E-state index contributed by atoms with van der Waals surface area (Å²) in [5, 5.41) is 21.8. The number of hydrogen-bond donors (Lipinski definition) is 2. The number of nitrogens with one attached hydrogen (secondary N) is 1. The molecule has 0 amide bonds. The molecule has 0 fully saturated rings. The monoisotopic (exact) mass is 422 g/mol. The van der Waals surface area contributed by atoms with Crippen molar-refractivity contribution >= 4 is 28.2 Å². The number of hydrogen-bond acceptors (Lipinski definition) is 5. The summed E-state index contributed by atoms with van der Waals surface area (Å²) < 4.78 is 5.73. The number of halogens is 1. The average Bonchev–Trinajstić information content (AvgIpc) is 2.73. The van der Waals surface area contributed by atoms with Gasteiger partial charge in [-0.3, -0.25) is 14.9 Å². The van der Waals surface area contributed by atoms with Crippen LogP contribution in [0.3, 0.4) is 0 Å². The van der Waals surface area contributed by atoms with Crippen LogP contribution in [0.5, 0.6) is 11.5 Å². The number of pyridine rings is 1. The molecule has 0 aliphatic rings. The lowest BCUT2D eigenvalue weighted by atomic mass is 10.0. The molecule has 0 aliphatic heterocycles. The smallest absolute Gasteiger partial charge is 0.288 e. The Balaban J connectivity index is 1.69. The van der Waals surface area contributed by atoms with Gasteiger partial charge in [0.05, 0.1) is 16.0 Å². The van der Waals surface area contributed by atoms with Crippen LogP contribution in [0.25, 0.3) is 22.0 Å². The number of fused-ring (bicyclic) bond motifs is 1. The van der Waals surface area contributed by atoms with E-state index in [1.54, 1.807) is 24.3 Å². The second-order valence-corrected chi connectivity index (χ2v) is 6.99. The van der Waals surface area contributed by atoms with Crippen molar-refractivity contribution in [3.05, 3.63) is 97.8 Å². The summed E-state index contributed by atoms with van der Waals surface area (Å²) in [5.41, 5.74) is 0.782. The first-order valence-corrected chi connectivity index (χ1v) is 9.32. The van der Waals surface area contributed by atoms with Gasteiger partial charge in [0.25, 0.3) is 11.2 Å². The van der Waals surface area contributed by atoms with E-state index >= 15 is 0 Å². The number of aromatic nitrogens is 1. The number of nitro benzene ring substituents is 1. The summed E-state index contributed by atoms with van der Waals surface area (Å²) in [4.78, 5) is 25.7. The third-order valence-electron chi connectivity index (χ3n) is 4.64. The molecular weight excluding hydrogens is 408 g/mol. The van der Waals surface area contributed by atoms with Gasteiger partial charge in [-0.25, -0.2) is 0 Å². The van der Waals surface area contributed by atoms with E-state index in [4.69, 9.17) is 16.3 Å². The number of nitro groups is 1. The van der Waals surface area contributed by atoms with Crippen LogP contribution in [-0.2, 0) is 6.61 Å². The molecule has 0 atom stereocenters. The highest BCUT2D eigenvalue weighted by atomic mass is 35.5. The number of H-pyrrole nitrogens is 1. The van der Waals surface area contributed by atoms with E-state index in [0.717, 1.165) is 11.6 Å². The Morgan fingerprint density at radius 2 is 1.77 bits per heavy atom. The van der Waals surface area contributed by atoms with Crippen molar-refractivity contribution in [1.29, 1.82) is 0 Å². The fraction of sp³-hybridized carbons (Fsp3) is 0.0455. The van der Waals surface area contributed by atoms with Crippen molar-refractivity contribution in [3.8, 4) is 22.6 Å². The minimum absolute atomic E-state index is 0.00808. The summed E-state index contributed by atoms with van der Waals surface area (Å²) >= 11 is 5.89. The molecule has 0 spiro atoms. The molecule has 7 nitrogen and oxygen atoms in total. The zero-order valence-corrected chi connectivity index (χ0v) is 16.2. The molecule has 3 aromatic carbocycles. The SMILES string of the molecule is O=c1[nH]c2cc(Cl)c([N+](=O)[O-])cc2c(O)c1-c1ccc(OCc2ccccc2)cc1. The molecule has 0 radical (unpaired) electrons. The Morgan fingerprint density at radius 1 is 1.07 bits per heavy atom. The Morgan fingerprint density at radius 3 is 2.43 bits per heavy atom. The number of ether oxygens (including phenoxy) is 1. The Hall–Kier alpha value is -3.84. The van der Waals surface area contributed by atoms with Gasteiger partial charge in [0.2, 0.25) is 0 Å². The van der Waals surface area contributed by atoms with Crippen LogP contribution in [0, 0.1) is 10.1 Å². The van der Waals surface area contributed by atoms with Crippen molar-refractivity contribution in [2.24, 2.45) is 0 Å². The fourth-order valence-electron chi connectivity index (χ4n) is 3.15. The highest BCUT2D eigenvalue weighted by Gasteiger charge is 2.20. The van der Waals surface area contributed by atoms with Crippen LogP contribution in [0.4, 0.5) is 5.69 Å². The number of nitrogens with zero attached hydrogens (tertiary/aromatic N) is 1. The Labute approximate surface area is 175 Å². The summed E-state index contributed by atoms with van der Waals surface area (Å²) in [5.74, 6) is 0.244. The third-order valence-corrected chi connectivity index (χ3v) is 4.94. The van der Waals surface area contributed by atoms with Gasteiger partial charge in [0, 0.05) is 11.5 Å². The van der Waals surface area contributed by atoms with Crippen molar-refractivity contribution in [2.45, 2.75) is 6.61 Å². The normalized spacial score (nSPS) is 10.8. The van der Waals surface area contributed by atoms with Gasteiger partial charge in [-0.05, 0) is 29.3 Å². The van der Waals surface area contributed by atoms with Crippen molar-refractivity contribution in [1.82, 2.24) is 4.98 Å². The van der Waals surface area contributed by atoms with Crippen LogP contribution < -0.4 is 10.3 Å². The summed E-state index contributed by atoms with van der Waals surface area (Å²) in [6.45, 7) is 0.395. The molecule has 150 valence electrons. The third kappa shape index (κ3) is 3.70. The summed E-state index contributed by atoms with van der Waals surface area (Å²) in [7, 11) is 0. The van der Waals surface area contributed by atoms with E-state index < -0.39 is 10.5 Å². The highest BCUT2D eigenvalue weighted by Crippen LogP contribution is 2.37. The van der Waals surface area contributed by atoms with Crippen LogP contribution in [0.15, 0.2) is 71.5 Å². The van der Waals surface area contributed by atoms with Crippen LogP contribution in [0.2, 0.25) is 5.02 Å². The molecule has 0 saturated carbocycles. The molecule has 8 heteroatoms. The lowest BCUT2D eigenvalue weighted by Gasteiger charge is -2.10. The quantitative estimate of drug-likeness (QED) is 0.346. The number of rotatable bonds is 5. The van der Waals surface area contributed by atoms with Crippen LogP contribution in [0.1, 0.15) is 5.56 Å². The first-order chi connectivity index (χ1) is 14.4. The van der Waals surface area contributed by atoms with Gasteiger partial charge in [-0.2, -0.15) is 0 Å². The Bertz CT molecular complexity index is 1300. The lowest BCUT2D eigenvalue weighted by Crippen LogP contribution is -2.09. The van der Waals surface area contributed by atoms with Crippen molar-refractivity contribution in [2.75, 3.05) is 0 Å². The molecule has 0 aliphatic carbocycles. The number of benzene rings is 3. The largest absolute Gasteiger partial charge is 0.506 e. The van der Waals surface area contributed by atoms with Gasteiger partial charge in [0.15, 0.2) is 0 Å². The molecule has 2 N–H and O–H groups in total. The molecule has 1 aromatic heterocycles. The minimum Gasteiger partial charge on any atom is -0.506 e. The summed E-state index contributed by atoms with van der Waals surface area (Å²) in [6, 6.07) is 18.7. The van der Waals surface area contributed by atoms with Crippen LogP contribution in [-0.4, -0.2) is 15.0 Å². The van der Waals surface area contributed by atoms with Gasteiger partial charge in [-0.1, -0.05) is 54.1 Å². The van der Waals surface area contributed by atoms with Crippen molar-refractivity contribution < 1.29 is 14.8 Å². The van der Waals surface area contributed by atoms with Crippen LogP contribution >= 0.6 is 11.6 Å². The predicted octanol–water partition coefficient (Wildman–Crippen LogP) is 5.04. The van der Waals surface area contributed by atoms with Gasteiger partial charge < -0.3 is 14.8 Å². The molecule has 0 bridgehead atoms. The van der Waals surface area contributed by atoms with E-state index in [0.29, 0.717) is 17.9 Å². The summed E-state index contributed by atoms with van der Waals surface area (Å²) in [6.07, 6.45) is 0. The van der Waals surface area contributed by atoms with Gasteiger partial charge in [0.1, 0.15) is 23.1 Å². The van der Waals surface area contributed by atoms with E-state index in [1.807, 2.05) is 30.3 Å². The van der Waals surface area contributed by atoms with Gasteiger partial charge in [-0.15, -0.1) is 0 Å². The van der Waals surface area contributed by atoms with E-state index in [1.165, 1.54) is 6.07 Å². The van der Waals surface area contributed by atoms with E-state index in [9.17, 15) is 20.0 Å². The minimum atomic E-state index is -0.648. The molecule has 4 rings (SSSR count). The van der Waals surface area contributed by atoms with Crippen molar-refractivity contribution in [3.63, 3.8) is 0 Å². The molecule has 30 heavy (non-hydrogen) atoms. The maximum absolute atomic E-state index is 12.6. The maximum atomic E-state index is 12.6. The second kappa shape index (κ2) is 7.88. The maximum Gasteiger partial charge on any atom is 0.288 e. The zero-order chi connectivity index (χ0) is 21.3. The number of aromatic amines is 1. The zero-order valence-electron chi connectivity index (χ0n) is 15.5. The molecule has 1 heterocycles. The van der Waals surface area contributed by atoms with E-state index in [2.05, 4.69) is 4.98 Å². The first kappa shape index (κ1) is 19.5. The Kier molecular flexibility index (Phi) is 5.12.